The van der Waals surface area contributed by atoms with Gasteiger partial charge in [0.2, 0.25) is 6.10 Å². The fourth-order valence-corrected chi connectivity index (χ4v) is 6.28. The van der Waals surface area contributed by atoms with Crippen LogP contribution < -0.4 is 5.32 Å². The van der Waals surface area contributed by atoms with Crippen molar-refractivity contribution in [3.05, 3.63) is 107 Å². The quantitative estimate of drug-likeness (QED) is 0.177. The van der Waals surface area contributed by atoms with E-state index in [0.717, 1.165) is 64.7 Å². The minimum atomic E-state index is -5.77. The molecule has 0 aliphatic carbocycles. The standard InChI is InChI=1S/C21H20F7N3O2.C17H20FN3.C3H2F6O.CH4/c1-13-10-15(4-5-29-13)14-2-3-16(17(22)11-14)12-30-6-8-31(9-7-30)19(32)33-18(20(23,24)25)21(26,27)28;1-13-10-15(4-5-20-13)14-2-3-16(17(18)11-14)12-21-8-6-19-7-9-21;4-2(5,6)1(10)3(7,8)9;/h2-5,10-11,18H,6-9,12H2,1H3;2-5,10-11,19H,6-9,12H2,1H3;1,10H;1H4. The van der Waals surface area contributed by atoms with E-state index >= 15 is 0 Å². The van der Waals surface area contributed by atoms with Crippen LogP contribution in [0.1, 0.15) is 29.9 Å². The number of amides is 1. The van der Waals surface area contributed by atoms with E-state index in [1.54, 1.807) is 41.6 Å². The number of aliphatic hydroxyl groups excluding tert-OH is 1. The summed E-state index contributed by atoms with van der Waals surface area (Å²) in [5, 5.41) is 10.8. The third-order valence-electron chi connectivity index (χ3n) is 9.63. The zero-order chi connectivity index (χ0) is 47.6. The highest BCUT2D eigenvalue weighted by molar-refractivity contribution is 5.68. The zero-order valence-corrected chi connectivity index (χ0v) is 33.9. The largest absolute Gasteiger partial charge is 0.434 e. The van der Waals surface area contributed by atoms with E-state index in [0.29, 0.717) is 17.7 Å². The number of pyridine rings is 2. The maximum Gasteiger partial charge on any atom is 0.434 e. The number of carbonyl (C=O) groups excluding carboxylic acids is 1. The second-order valence-corrected chi connectivity index (χ2v) is 14.6. The molecule has 1 amide bonds. The number of hydrogen-bond acceptors (Lipinski definition) is 8. The molecule has 4 heterocycles. The maximum absolute atomic E-state index is 14.6. The molecular weight excluding hydrogens is 902 g/mol. The van der Waals surface area contributed by atoms with Crippen LogP contribution in [0.3, 0.4) is 0 Å². The molecule has 9 nitrogen and oxygen atoms in total. The molecule has 0 bridgehead atoms. The molecule has 6 rings (SSSR count). The Labute approximate surface area is 365 Å². The van der Waals surface area contributed by atoms with Crippen molar-refractivity contribution in [2.45, 2.75) is 71.3 Å². The van der Waals surface area contributed by atoms with Crippen molar-refractivity contribution in [2.24, 2.45) is 0 Å². The lowest BCUT2D eigenvalue weighted by atomic mass is 10.0. The molecule has 0 atom stereocenters. The van der Waals surface area contributed by atoms with E-state index < -0.39 is 48.8 Å². The molecule has 2 saturated heterocycles. The summed E-state index contributed by atoms with van der Waals surface area (Å²) >= 11 is 0. The summed E-state index contributed by atoms with van der Waals surface area (Å²) < 4.78 is 174. The van der Waals surface area contributed by atoms with Gasteiger partial charge in [0.15, 0.2) is 0 Å². The molecule has 0 radical (unpaired) electrons. The molecule has 0 spiro atoms. The van der Waals surface area contributed by atoms with Gasteiger partial charge in [0, 0.05) is 100 Å². The molecule has 360 valence electrons. The smallest absolute Gasteiger partial charge is 0.426 e. The Hall–Kier alpha value is -5.13. The summed E-state index contributed by atoms with van der Waals surface area (Å²) in [7, 11) is 0. The molecule has 2 aliphatic heterocycles. The van der Waals surface area contributed by atoms with Crippen molar-refractivity contribution in [3.8, 4) is 22.3 Å². The summed E-state index contributed by atoms with van der Waals surface area (Å²) in [5.74, 6) is -0.581. The van der Waals surface area contributed by atoms with Gasteiger partial charge >= 0.3 is 30.8 Å². The van der Waals surface area contributed by atoms with Gasteiger partial charge in [-0.3, -0.25) is 19.8 Å². The van der Waals surface area contributed by atoms with Gasteiger partial charge < -0.3 is 20.1 Å². The number of rotatable bonds is 7. The van der Waals surface area contributed by atoms with Gasteiger partial charge in [-0.15, -0.1) is 0 Å². The van der Waals surface area contributed by atoms with E-state index in [1.807, 2.05) is 44.2 Å². The first kappa shape index (κ1) is 54.2. The predicted molar refractivity (Wildman–Crippen MR) is 211 cm³/mol. The summed E-state index contributed by atoms with van der Waals surface area (Å²) in [6.07, 6.45) is -29.5. The number of hydrogen-bond donors (Lipinski definition) is 2. The van der Waals surface area contributed by atoms with Crippen molar-refractivity contribution in [3.63, 3.8) is 0 Å². The number of carbonyl (C=O) groups is 1. The third-order valence-corrected chi connectivity index (χ3v) is 9.63. The summed E-state index contributed by atoms with van der Waals surface area (Å²) in [5.41, 5.74) is 6.25. The van der Waals surface area contributed by atoms with E-state index in [4.69, 9.17) is 5.11 Å². The van der Waals surface area contributed by atoms with Crippen LogP contribution in [-0.2, 0) is 17.8 Å². The summed E-state index contributed by atoms with van der Waals surface area (Å²) in [6.45, 7) is 8.47. The van der Waals surface area contributed by atoms with Gasteiger partial charge in [0.1, 0.15) is 11.6 Å². The second kappa shape index (κ2) is 22.9. The molecule has 0 unspecified atom stereocenters. The molecular formula is C42H46F14N6O3. The number of nitrogens with zero attached hydrogens (tertiary/aromatic N) is 5. The SMILES string of the molecule is C.Cc1cc(-c2ccc(CN3CCN(C(=O)OC(C(F)(F)F)C(F)(F)F)CC3)c(F)c2)ccn1.Cc1cc(-c2ccc(CN3CCNCC3)c(F)c2)ccn1.OC(C(F)(F)F)C(F)(F)F. The monoisotopic (exact) mass is 948 g/mol. The summed E-state index contributed by atoms with van der Waals surface area (Å²) in [4.78, 5) is 24.9. The summed E-state index contributed by atoms with van der Waals surface area (Å²) in [6, 6.07) is 17.7. The number of piperazine rings is 2. The first-order valence-corrected chi connectivity index (χ1v) is 19.2. The Bertz CT molecular complexity index is 2110. The number of alkyl halides is 12. The van der Waals surface area contributed by atoms with Crippen LogP contribution in [0.4, 0.5) is 66.3 Å². The average Bonchev–Trinajstić information content (AvgIpc) is 3.20. The van der Waals surface area contributed by atoms with Gasteiger partial charge in [0.25, 0.3) is 6.10 Å². The van der Waals surface area contributed by atoms with Crippen LogP contribution in [0.15, 0.2) is 73.1 Å². The first-order valence-electron chi connectivity index (χ1n) is 19.2. The lowest BCUT2D eigenvalue weighted by molar-refractivity contribution is -0.309. The van der Waals surface area contributed by atoms with Crippen molar-refractivity contribution in [1.29, 1.82) is 0 Å². The lowest BCUT2D eigenvalue weighted by Crippen LogP contribution is -2.52. The van der Waals surface area contributed by atoms with Crippen molar-refractivity contribution in [1.82, 2.24) is 30.0 Å². The van der Waals surface area contributed by atoms with Crippen molar-refractivity contribution in [2.75, 3.05) is 52.4 Å². The highest BCUT2D eigenvalue weighted by Gasteiger charge is 2.60. The van der Waals surface area contributed by atoms with Crippen LogP contribution in [-0.4, -0.2) is 125 Å². The zero-order valence-electron chi connectivity index (χ0n) is 33.9. The molecule has 2 fully saturated rings. The van der Waals surface area contributed by atoms with E-state index in [-0.39, 0.29) is 46.0 Å². The van der Waals surface area contributed by atoms with Crippen LogP contribution in [0.2, 0.25) is 0 Å². The molecule has 2 N–H and O–H groups in total. The number of aromatic nitrogens is 2. The van der Waals surface area contributed by atoms with Gasteiger partial charge in [-0.25, -0.2) is 13.6 Å². The Morgan fingerprint density at radius 1 is 0.615 bits per heavy atom. The van der Waals surface area contributed by atoms with Crippen molar-refractivity contribution >= 4 is 6.09 Å². The molecule has 23 heteroatoms. The highest BCUT2D eigenvalue weighted by Crippen LogP contribution is 2.36. The number of halogens is 14. The van der Waals surface area contributed by atoms with Crippen LogP contribution in [0.25, 0.3) is 22.3 Å². The molecule has 2 aromatic carbocycles. The number of ether oxygens (including phenoxy) is 1. The number of benzene rings is 2. The minimum absolute atomic E-state index is 0. The van der Waals surface area contributed by atoms with E-state index in [2.05, 4.69) is 24.9 Å². The van der Waals surface area contributed by atoms with Gasteiger partial charge in [-0.05, 0) is 72.5 Å². The van der Waals surface area contributed by atoms with Crippen LogP contribution in [0, 0.1) is 25.5 Å². The Balaban J connectivity index is 0.000000298. The Kier molecular flexibility index (Phi) is 19.1. The molecule has 0 saturated carbocycles. The highest BCUT2D eigenvalue weighted by atomic mass is 19.4. The number of nitrogens with one attached hydrogen (secondary N) is 1. The minimum Gasteiger partial charge on any atom is -0.426 e. The molecule has 2 aromatic heterocycles. The van der Waals surface area contributed by atoms with Crippen LogP contribution in [0.5, 0.6) is 0 Å². The van der Waals surface area contributed by atoms with E-state index in [9.17, 15) is 66.3 Å². The fourth-order valence-electron chi connectivity index (χ4n) is 6.28. The first-order chi connectivity index (χ1) is 29.7. The fraction of sp³-hybridized carbons (Fsp3) is 0.452. The van der Waals surface area contributed by atoms with Crippen molar-refractivity contribution < 1.29 is 76.1 Å². The third kappa shape index (κ3) is 16.7. The lowest BCUT2D eigenvalue weighted by Gasteiger charge is -2.35. The Morgan fingerprint density at radius 3 is 1.34 bits per heavy atom. The van der Waals surface area contributed by atoms with Gasteiger partial charge in [-0.2, -0.15) is 52.7 Å². The molecule has 4 aromatic rings. The molecule has 65 heavy (non-hydrogen) atoms. The number of aliphatic hydroxyl groups is 1. The molecule has 2 aliphatic rings. The topological polar surface area (TPSA) is 94.1 Å². The second-order valence-electron chi connectivity index (χ2n) is 14.6. The van der Waals surface area contributed by atoms with E-state index in [1.165, 1.54) is 6.07 Å². The van der Waals surface area contributed by atoms with Crippen LogP contribution >= 0.6 is 0 Å². The average molecular weight is 949 g/mol. The predicted octanol–water partition coefficient (Wildman–Crippen LogP) is 9.65. The Morgan fingerprint density at radius 2 is 1.00 bits per heavy atom. The number of aryl methyl sites for hydroxylation is 2. The maximum atomic E-state index is 14.6. The normalized spacial score (nSPS) is 15.4. The van der Waals surface area contributed by atoms with Gasteiger partial charge in [0.05, 0.1) is 0 Å². The van der Waals surface area contributed by atoms with Gasteiger partial charge in [-0.1, -0.05) is 31.7 Å².